The molecule has 7 nitrogen and oxygen atoms in total. The summed E-state index contributed by atoms with van der Waals surface area (Å²) in [6.45, 7) is 0.495. The third-order valence-corrected chi connectivity index (χ3v) is 6.54. The van der Waals surface area contributed by atoms with Gasteiger partial charge in [0, 0.05) is 30.0 Å². The van der Waals surface area contributed by atoms with E-state index in [4.69, 9.17) is 4.42 Å². The molecule has 1 N–H and O–H groups in total. The van der Waals surface area contributed by atoms with Crippen molar-refractivity contribution in [3.63, 3.8) is 0 Å². The maximum atomic E-state index is 12.5. The predicted octanol–water partition coefficient (Wildman–Crippen LogP) is 4.22. The lowest BCUT2D eigenvalue weighted by atomic mass is 10.0. The summed E-state index contributed by atoms with van der Waals surface area (Å²) in [6.07, 6.45) is 8.73. The van der Waals surface area contributed by atoms with Crippen LogP contribution in [-0.2, 0) is 9.59 Å². The van der Waals surface area contributed by atoms with Crippen LogP contribution in [0.3, 0.4) is 0 Å². The summed E-state index contributed by atoms with van der Waals surface area (Å²) < 4.78 is 5.64. The molecule has 0 unspecified atom stereocenters. The molecule has 29 heavy (non-hydrogen) atoms. The lowest BCUT2D eigenvalue weighted by Gasteiger charge is -2.16. The highest BCUT2D eigenvalue weighted by Gasteiger charge is 2.35. The number of anilines is 2. The van der Waals surface area contributed by atoms with E-state index in [9.17, 15) is 9.59 Å². The van der Waals surface area contributed by atoms with E-state index in [2.05, 4.69) is 15.5 Å². The number of rotatable bonds is 7. The molecule has 1 saturated carbocycles. The van der Waals surface area contributed by atoms with Crippen LogP contribution < -0.4 is 10.2 Å². The number of hydrogen-bond donors (Lipinski definition) is 1. The second kappa shape index (κ2) is 8.98. The highest BCUT2D eigenvalue weighted by Crippen LogP contribution is 2.33. The van der Waals surface area contributed by atoms with Gasteiger partial charge in [-0.15, -0.1) is 16.9 Å². The lowest BCUT2D eigenvalue weighted by molar-refractivity contribution is -0.117. The smallest absolute Gasteiger partial charge is 0.322 e. The van der Waals surface area contributed by atoms with Crippen molar-refractivity contribution in [3.05, 3.63) is 30.2 Å². The quantitative estimate of drug-likeness (QED) is 0.683. The van der Waals surface area contributed by atoms with Crippen molar-refractivity contribution in [2.24, 2.45) is 5.92 Å². The van der Waals surface area contributed by atoms with Gasteiger partial charge in [0.25, 0.3) is 0 Å². The fourth-order valence-corrected chi connectivity index (χ4v) is 4.56. The van der Waals surface area contributed by atoms with E-state index in [1.54, 1.807) is 16.7 Å². The minimum absolute atomic E-state index is 0.0345. The third kappa shape index (κ3) is 4.80. The number of nitrogens with zero attached hydrogens (tertiary/aromatic N) is 3. The van der Waals surface area contributed by atoms with Crippen LogP contribution in [0.1, 0.15) is 56.8 Å². The molecule has 2 amide bonds. The zero-order valence-corrected chi connectivity index (χ0v) is 17.4. The van der Waals surface area contributed by atoms with E-state index in [0.29, 0.717) is 31.2 Å². The summed E-state index contributed by atoms with van der Waals surface area (Å²) >= 11 is 1.66. The first-order valence-electron chi connectivity index (χ1n) is 10.2. The van der Waals surface area contributed by atoms with E-state index in [1.165, 1.54) is 25.7 Å². The molecule has 1 atom stereocenters. The molecule has 0 spiro atoms. The van der Waals surface area contributed by atoms with E-state index in [0.717, 1.165) is 17.0 Å². The van der Waals surface area contributed by atoms with Gasteiger partial charge >= 0.3 is 6.01 Å². The highest BCUT2D eigenvalue weighted by atomic mass is 32.2. The minimum atomic E-state index is -0.167. The Labute approximate surface area is 174 Å². The number of carbonyl (C=O) groups is 2. The van der Waals surface area contributed by atoms with Gasteiger partial charge in [0.05, 0.1) is 5.92 Å². The van der Waals surface area contributed by atoms with Gasteiger partial charge in [-0.05, 0) is 42.9 Å². The van der Waals surface area contributed by atoms with Crippen molar-refractivity contribution >= 4 is 35.3 Å². The Hall–Kier alpha value is -2.35. The summed E-state index contributed by atoms with van der Waals surface area (Å²) in [6, 6.07) is 8.04. The van der Waals surface area contributed by atoms with Crippen LogP contribution in [0.15, 0.2) is 33.6 Å². The number of hydrogen-bond acceptors (Lipinski definition) is 6. The van der Waals surface area contributed by atoms with E-state index >= 15 is 0 Å². The molecule has 1 aliphatic heterocycles. The molecule has 154 valence electrons. The Bertz CT molecular complexity index is 861. The first-order chi connectivity index (χ1) is 14.1. The largest absolute Gasteiger partial charge is 0.407 e. The van der Waals surface area contributed by atoms with Crippen LogP contribution in [0.25, 0.3) is 0 Å². The second-order valence-electron chi connectivity index (χ2n) is 7.79. The van der Waals surface area contributed by atoms with Gasteiger partial charge < -0.3 is 9.32 Å². The van der Waals surface area contributed by atoms with Gasteiger partial charge in [0.2, 0.25) is 17.7 Å². The van der Waals surface area contributed by atoms with Crippen LogP contribution in [0, 0.1) is 5.92 Å². The molecule has 1 aromatic carbocycles. The molecule has 0 radical (unpaired) electrons. The van der Waals surface area contributed by atoms with Gasteiger partial charge in [0.1, 0.15) is 0 Å². The van der Waals surface area contributed by atoms with E-state index < -0.39 is 0 Å². The molecular formula is C21H26N4O3S. The maximum Gasteiger partial charge on any atom is 0.322 e. The molecular weight excluding hydrogens is 388 g/mol. The Morgan fingerprint density at radius 2 is 2.00 bits per heavy atom. The van der Waals surface area contributed by atoms with Gasteiger partial charge in [-0.25, -0.2) is 0 Å². The normalized spacial score (nSPS) is 19.8. The minimum Gasteiger partial charge on any atom is -0.407 e. The number of benzene rings is 1. The zero-order chi connectivity index (χ0) is 20.2. The topological polar surface area (TPSA) is 88.3 Å². The molecule has 2 heterocycles. The number of thioether (sulfide) groups is 1. The number of amides is 2. The molecule has 2 fully saturated rings. The van der Waals surface area contributed by atoms with Crippen molar-refractivity contribution in [3.8, 4) is 0 Å². The first kappa shape index (κ1) is 19.9. The number of carbonyl (C=O) groups excluding carboxylic acids is 2. The molecule has 1 aromatic heterocycles. The van der Waals surface area contributed by atoms with Crippen molar-refractivity contribution in [1.82, 2.24) is 10.2 Å². The molecule has 1 saturated heterocycles. The Kier molecular flexibility index (Phi) is 6.18. The maximum absolute atomic E-state index is 12.5. The highest BCUT2D eigenvalue weighted by molar-refractivity contribution is 7.98. The summed E-state index contributed by atoms with van der Waals surface area (Å²) in [5.41, 5.74) is 0.871. The summed E-state index contributed by atoms with van der Waals surface area (Å²) in [4.78, 5) is 27.5. The monoisotopic (exact) mass is 414 g/mol. The van der Waals surface area contributed by atoms with E-state index in [-0.39, 0.29) is 23.7 Å². The molecule has 8 heteroatoms. The SMILES string of the molecule is CSc1ccc(N2C[C@H](c3nnc(NC(=O)CCC4CCCC4)o3)CC2=O)cc1. The zero-order valence-electron chi connectivity index (χ0n) is 16.6. The molecule has 0 bridgehead atoms. The molecule has 2 aliphatic rings. The van der Waals surface area contributed by atoms with Gasteiger partial charge in [-0.2, -0.15) is 0 Å². The third-order valence-electron chi connectivity index (χ3n) is 5.80. The van der Waals surface area contributed by atoms with Crippen LogP contribution in [0.4, 0.5) is 11.7 Å². The van der Waals surface area contributed by atoms with Crippen molar-refractivity contribution in [2.45, 2.75) is 55.8 Å². The van der Waals surface area contributed by atoms with Gasteiger partial charge in [-0.3, -0.25) is 14.9 Å². The molecule has 1 aliphatic carbocycles. The Morgan fingerprint density at radius 3 is 2.72 bits per heavy atom. The standard InChI is InChI=1S/C21H26N4O3S/c1-29-17-9-7-16(8-10-17)25-13-15(12-19(25)27)20-23-24-21(28-20)22-18(26)11-6-14-4-2-3-5-14/h7-10,14-15H,2-6,11-13H2,1H3,(H,22,24,26)/t15-/m1/s1. The number of nitrogens with one attached hydrogen (secondary N) is 1. The van der Waals surface area contributed by atoms with Gasteiger partial charge in [0.15, 0.2) is 0 Å². The van der Waals surface area contributed by atoms with Crippen molar-refractivity contribution < 1.29 is 14.0 Å². The average Bonchev–Trinajstić information content (AvgIpc) is 3.48. The number of aromatic nitrogens is 2. The van der Waals surface area contributed by atoms with Crippen LogP contribution in [0.2, 0.25) is 0 Å². The fourth-order valence-electron chi connectivity index (χ4n) is 4.15. The summed E-state index contributed by atoms with van der Waals surface area (Å²) in [5.74, 6) is 0.837. The van der Waals surface area contributed by atoms with Crippen LogP contribution in [0.5, 0.6) is 0 Å². The van der Waals surface area contributed by atoms with Crippen molar-refractivity contribution in [1.29, 1.82) is 0 Å². The van der Waals surface area contributed by atoms with Crippen molar-refractivity contribution in [2.75, 3.05) is 23.0 Å². The predicted molar refractivity (Wildman–Crippen MR) is 112 cm³/mol. The summed E-state index contributed by atoms with van der Waals surface area (Å²) in [7, 11) is 0. The van der Waals surface area contributed by atoms with Gasteiger partial charge in [-0.1, -0.05) is 30.8 Å². The van der Waals surface area contributed by atoms with Crippen LogP contribution >= 0.6 is 11.8 Å². The average molecular weight is 415 g/mol. The molecule has 4 rings (SSSR count). The second-order valence-corrected chi connectivity index (χ2v) is 8.67. The summed E-state index contributed by atoms with van der Waals surface area (Å²) in [5, 5.41) is 10.7. The van der Waals surface area contributed by atoms with Crippen LogP contribution in [-0.4, -0.2) is 34.8 Å². The Morgan fingerprint density at radius 1 is 1.24 bits per heavy atom. The Balaban J connectivity index is 1.32. The lowest BCUT2D eigenvalue weighted by Crippen LogP contribution is -2.24. The first-order valence-corrected chi connectivity index (χ1v) is 11.4. The fraction of sp³-hybridized carbons (Fsp3) is 0.524. The molecule has 2 aromatic rings. The van der Waals surface area contributed by atoms with E-state index in [1.807, 2.05) is 30.5 Å².